The van der Waals surface area contributed by atoms with Crippen LogP contribution in [-0.2, 0) is 27.5 Å². The van der Waals surface area contributed by atoms with E-state index >= 15 is 0 Å². The van der Waals surface area contributed by atoms with Crippen LogP contribution in [0.2, 0.25) is 0 Å². The molecule has 0 aromatic rings. The largest absolute Gasteiger partial charge is 0.481 e. The zero-order valence-corrected chi connectivity index (χ0v) is 14.2. The molecule has 0 saturated carbocycles. The van der Waals surface area contributed by atoms with Gasteiger partial charge in [-0.25, -0.2) is 13.9 Å². The number of nitrogens with zero attached hydrogens (tertiary/aromatic N) is 1. The Morgan fingerprint density at radius 2 is 1.84 bits per heavy atom. The molecule has 25 heavy (non-hydrogen) atoms. The molecule has 0 aliphatic carbocycles. The van der Waals surface area contributed by atoms with Gasteiger partial charge in [0.05, 0.1) is 6.61 Å². The lowest BCUT2D eigenvalue weighted by atomic mass is 10.1. The number of rotatable bonds is 6. The van der Waals surface area contributed by atoms with Gasteiger partial charge in [-0.1, -0.05) is 0 Å². The van der Waals surface area contributed by atoms with E-state index in [9.17, 15) is 28.9 Å². The normalized spacial score (nSPS) is 33.2. The standard InChI is InChI=1S/C9H16N2O12P2/c12-5-1-2-11(9(15)10-5)8-7(14)6(13)4(22-8)3-21-25(19,20)23-24(16,17)18/h4,6-8,13-14H,1-3H2,(H,19,20)(H,10,12,15)(H2,16,17,18). The Bertz CT molecular complexity index is 636. The maximum Gasteiger partial charge on any atom is 0.481 e. The van der Waals surface area contributed by atoms with Crippen molar-refractivity contribution in [1.29, 1.82) is 0 Å². The number of carbonyl (C=O) groups is 2. The molecule has 3 amide bonds. The first-order valence-electron chi connectivity index (χ1n) is 6.76. The number of urea groups is 1. The minimum absolute atomic E-state index is 0.0580. The third kappa shape index (κ3) is 5.28. The van der Waals surface area contributed by atoms with Gasteiger partial charge in [0.15, 0.2) is 6.23 Å². The Morgan fingerprint density at radius 1 is 1.20 bits per heavy atom. The number of imide groups is 1. The van der Waals surface area contributed by atoms with Gasteiger partial charge in [0, 0.05) is 13.0 Å². The summed E-state index contributed by atoms with van der Waals surface area (Å²) in [4.78, 5) is 49.9. The number of hydrogen-bond acceptors (Lipinski definition) is 9. The summed E-state index contributed by atoms with van der Waals surface area (Å²) < 4.78 is 35.0. The first-order valence-corrected chi connectivity index (χ1v) is 9.78. The van der Waals surface area contributed by atoms with Gasteiger partial charge in [0.2, 0.25) is 5.91 Å². The van der Waals surface area contributed by atoms with Gasteiger partial charge in [0.1, 0.15) is 18.3 Å². The Labute approximate surface area is 140 Å². The molecule has 0 radical (unpaired) electrons. The number of aliphatic hydroxyl groups excluding tert-OH is 2. The van der Waals surface area contributed by atoms with Gasteiger partial charge in [-0.05, 0) is 0 Å². The average Bonchev–Trinajstić information content (AvgIpc) is 2.71. The van der Waals surface area contributed by atoms with Crippen LogP contribution in [0, 0.1) is 0 Å². The van der Waals surface area contributed by atoms with Crippen molar-refractivity contribution in [3.63, 3.8) is 0 Å². The number of hydrogen-bond donors (Lipinski definition) is 6. The number of phosphoric ester groups is 1. The molecule has 2 saturated heterocycles. The summed E-state index contributed by atoms with van der Waals surface area (Å²) in [7, 11) is -10.5. The van der Waals surface area contributed by atoms with E-state index in [2.05, 4.69) is 8.83 Å². The molecular formula is C9H16N2O12P2. The van der Waals surface area contributed by atoms with E-state index in [-0.39, 0.29) is 13.0 Å². The molecule has 0 spiro atoms. The quantitative estimate of drug-likeness (QED) is 0.255. The van der Waals surface area contributed by atoms with Gasteiger partial charge < -0.3 is 29.6 Å². The van der Waals surface area contributed by atoms with Crippen LogP contribution in [0.3, 0.4) is 0 Å². The Morgan fingerprint density at radius 3 is 2.40 bits per heavy atom. The summed E-state index contributed by atoms with van der Waals surface area (Å²) in [6.07, 6.45) is -6.10. The van der Waals surface area contributed by atoms with Crippen molar-refractivity contribution in [2.24, 2.45) is 0 Å². The molecule has 0 aromatic carbocycles. The molecule has 16 heteroatoms. The molecule has 144 valence electrons. The summed E-state index contributed by atoms with van der Waals surface area (Å²) in [5.74, 6) is -0.523. The van der Waals surface area contributed by atoms with E-state index < -0.39 is 58.7 Å². The van der Waals surface area contributed by atoms with Crippen LogP contribution >= 0.6 is 15.6 Å². The van der Waals surface area contributed by atoms with Crippen LogP contribution in [0.5, 0.6) is 0 Å². The summed E-state index contributed by atoms with van der Waals surface area (Å²) in [6.45, 7) is -0.969. The SMILES string of the molecule is O=C1CCN(C2OC(COP(=O)(O)OP(=O)(O)O)C(O)C2O)C(=O)N1. The first kappa shape index (κ1) is 20.4. The third-order valence-corrected chi connectivity index (χ3v) is 5.49. The number of aliphatic hydroxyl groups is 2. The van der Waals surface area contributed by atoms with Crippen LogP contribution in [0.1, 0.15) is 6.42 Å². The van der Waals surface area contributed by atoms with Crippen molar-refractivity contribution in [1.82, 2.24) is 10.2 Å². The Kier molecular flexibility index (Phi) is 6.01. The van der Waals surface area contributed by atoms with Gasteiger partial charge in [-0.3, -0.25) is 19.5 Å². The summed E-state index contributed by atoms with van der Waals surface area (Å²) in [5.41, 5.74) is 0. The van der Waals surface area contributed by atoms with Gasteiger partial charge in [-0.15, -0.1) is 0 Å². The van der Waals surface area contributed by atoms with Crippen LogP contribution in [-0.4, -0.2) is 79.4 Å². The number of ether oxygens (including phenoxy) is 1. The molecule has 2 fully saturated rings. The van der Waals surface area contributed by atoms with E-state index in [1.54, 1.807) is 0 Å². The highest BCUT2D eigenvalue weighted by Crippen LogP contribution is 2.57. The zero-order chi connectivity index (χ0) is 19.0. The van der Waals surface area contributed by atoms with Crippen LogP contribution in [0.15, 0.2) is 0 Å². The van der Waals surface area contributed by atoms with E-state index in [4.69, 9.17) is 19.4 Å². The van der Waals surface area contributed by atoms with E-state index in [0.29, 0.717) is 0 Å². The van der Waals surface area contributed by atoms with Crippen molar-refractivity contribution >= 4 is 27.6 Å². The lowest BCUT2D eigenvalue weighted by Crippen LogP contribution is -2.56. The molecule has 0 bridgehead atoms. The fraction of sp³-hybridized carbons (Fsp3) is 0.778. The van der Waals surface area contributed by atoms with Crippen LogP contribution in [0.4, 0.5) is 4.79 Å². The maximum absolute atomic E-state index is 11.7. The predicted octanol–water partition coefficient (Wildman–Crippen LogP) is -2.40. The molecule has 6 N–H and O–H groups in total. The Hall–Kier alpha value is -0.920. The monoisotopic (exact) mass is 406 g/mol. The topological polar surface area (TPSA) is 212 Å². The summed E-state index contributed by atoms with van der Waals surface area (Å²) in [5, 5.41) is 21.8. The lowest BCUT2D eigenvalue weighted by Gasteiger charge is -2.32. The fourth-order valence-corrected chi connectivity index (χ4v) is 3.87. The van der Waals surface area contributed by atoms with Gasteiger partial charge in [0.25, 0.3) is 0 Å². The zero-order valence-electron chi connectivity index (χ0n) is 12.4. The minimum Gasteiger partial charge on any atom is -0.387 e. The fourth-order valence-electron chi connectivity index (χ4n) is 2.27. The lowest BCUT2D eigenvalue weighted by molar-refractivity contribution is -0.125. The van der Waals surface area contributed by atoms with E-state index in [0.717, 1.165) is 4.90 Å². The summed E-state index contributed by atoms with van der Waals surface area (Å²) in [6, 6.07) is -0.855. The second-order valence-electron chi connectivity index (χ2n) is 5.18. The average molecular weight is 406 g/mol. The van der Waals surface area contributed by atoms with Gasteiger partial charge in [-0.2, -0.15) is 4.31 Å². The minimum atomic E-state index is -5.31. The van der Waals surface area contributed by atoms with Crippen molar-refractivity contribution in [2.45, 2.75) is 31.0 Å². The number of nitrogens with one attached hydrogen (secondary N) is 1. The molecule has 2 rings (SSSR count). The second kappa shape index (κ2) is 7.37. The highest BCUT2D eigenvalue weighted by molar-refractivity contribution is 7.60. The van der Waals surface area contributed by atoms with Crippen molar-refractivity contribution < 1.29 is 57.2 Å². The van der Waals surface area contributed by atoms with Crippen molar-refractivity contribution in [3.8, 4) is 0 Å². The van der Waals surface area contributed by atoms with E-state index in [1.807, 2.05) is 5.32 Å². The molecule has 5 atom stereocenters. The number of phosphoric acid groups is 2. The molecule has 2 aliphatic heterocycles. The molecule has 2 aliphatic rings. The molecule has 0 aromatic heterocycles. The molecule has 14 nitrogen and oxygen atoms in total. The number of carbonyl (C=O) groups excluding carboxylic acids is 2. The van der Waals surface area contributed by atoms with Crippen molar-refractivity contribution in [2.75, 3.05) is 13.2 Å². The second-order valence-corrected chi connectivity index (χ2v) is 8.01. The molecule has 5 unspecified atom stereocenters. The van der Waals surface area contributed by atoms with Gasteiger partial charge >= 0.3 is 21.7 Å². The third-order valence-electron chi connectivity index (χ3n) is 3.34. The van der Waals surface area contributed by atoms with Crippen LogP contribution in [0.25, 0.3) is 0 Å². The predicted molar refractivity (Wildman–Crippen MR) is 74.4 cm³/mol. The molecule has 2 heterocycles. The molecular weight excluding hydrogens is 390 g/mol. The van der Waals surface area contributed by atoms with Crippen molar-refractivity contribution in [3.05, 3.63) is 0 Å². The summed E-state index contributed by atoms with van der Waals surface area (Å²) >= 11 is 0. The first-order chi connectivity index (χ1) is 11.4. The maximum atomic E-state index is 11.7. The Balaban J connectivity index is 1.98. The highest BCUT2D eigenvalue weighted by atomic mass is 31.3. The van der Waals surface area contributed by atoms with E-state index in [1.165, 1.54) is 0 Å². The highest BCUT2D eigenvalue weighted by Gasteiger charge is 2.48. The smallest absolute Gasteiger partial charge is 0.387 e. The number of amides is 3. The van der Waals surface area contributed by atoms with Crippen LogP contribution < -0.4 is 5.32 Å².